The predicted molar refractivity (Wildman–Crippen MR) is 98.4 cm³/mol. The first-order valence-electron chi connectivity index (χ1n) is 8.20. The molecule has 3 heterocycles. The molecule has 0 saturated carbocycles. The monoisotopic (exact) mass is 381 g/mol. The third-order valence-corrected chi connectivity index (χ3v) is 5.29. The van der Waals surface area contributed by atoms with E-state index in [9.17, 15) is 19.8 Å². The maximum atomic E-state index is 12.9. The molecule has 1 atom stereocenters. The summed E-state index contributed by atoms with van der Waals surface area (Å²) in [6, 6.07) is 12.3. The zero-order valence-electron chi connectivity index (χ0n) is 14.0. The van der Waals surface area contributed by atoms with E-state index in [-0.39, 0.29) is 23.6 Å². The lowest BCUT2D eigenvalue weighted by Gasteiger charge is -2.26. The Labute approximate surface area is 158 Å². The van der Waals surface area contributed by atoms with E-state index in [1.54, 1.807) is 24.3 Å². The molecule has 2 N–H and O–H groups in total. The van der Waals surface area contributed by atoms with Gasteiger partial charge < -0.3 is 19.5 Å². The second kappa shape index (κ2) is 6.77. The van der Waals surface area contributed by atoms with Crippen molar-refractivity contribution in [3.8, 4) is 5.75 Å². The highest BCUT2D eigenvalue weighted by atomic mass is 32.1. The lowest BCUT2D eigenvalue weighted by molar-refractivity contribution is -0.130. The maximum absolute atomic E-state index is 12.9. The van der Waals surface area contributed by atoms with Crippen LogP contribution in [-0.2, 0) is 11.3 Å². The third kappa shape index (κ3) is 2.92. The Morgan fingerprint density at radius 2 is 1.93 bits per heavy atom. The second-order valence-corrected chi connectivity index (χ2v) is 7.07. The molecule has 1 aromatic carbocycles. The number of thiophene rings is 1. The molecule has 2 aromatic heterocycles. The van der Waals surface area contributed by atoms with Crippen LogP contribution in [0, 0.1) is 0 Å². The van der Waals surface area contributed by atoms with E-state index < -0.39 is 23.5 Å². The molecule has 1 amide bonds. The zero-order chi connectivity index (χ0) is 19.0. The van der Waals surface area contributed by atoms with Gasteiger partial charge in [0.2, 0.25) is 5.78 Å². The number of furan rings is 1. The Balaban J connectivity index is 1.83. The van der Waals surface area contributed by atoms with Crippen molar-refractivity contribution in [3.05, 3.63) is 87.7 Å². The smallest absolute Gasteiger partial charge is 0.290 e. The standard InChI is InChI=1S/C20H15NO5S/c22-14-7-2-1-6-13(14)17-16(18(23)15-8-3-9-26-15)19(24)20(25)21(17)11-12-5-4-10-27-12/h1-10,17,22,24H,11H2. The molecule has 0 fully saturated rings. The van der Waals surface area contributed by atoms with Crippen molar-refractivity contribution in [2.45, 2.75) is 12.6 Å². The van der Waals surface area contributed by atoms with Gasteiger partial charge >= 0.3 is 0 Å². The maximum Gasteiger partial charge on any atom is 0.290 e. The summed E-state index contributed by atoms with van der Waals surface area (Å²) in [5.41, 5.74) is 0.259. The number of Topliss-reactive ketones (excluding diaryl/α,β-unsaturated/α-hetero) is 1. The summed E-state index contributed by atoms with van der Waals surface area (Å²) < 4.78 is 5.16. The van der Waals surface area contributed by atoms with Gasteiger partial charge in [0.1, 0.15) is 5.75 Å². The number of benzene rings is 1. The highest BCUT2D eigenvalue weighted by Gasteiger charge is 2.45. The highest BCUT2D eigenvalue weighted by molar-refractivity contribution is 7.09. The number of carbonyl (C=O) groups is 2. The van der Waals surface area contributed by atoms with Crippen molar-refractivity contribution in [2.75, 3.05) is 0 Å². The van der Waals surface area contributed by atoms with Crippen LogP contribution in [0.2, 0.25) is 0 Å². The average Bonchev–Trinajstić information content (AvgIpc) is 3.40. The van der Waals surface area contributed by atoms with Crippen molar-refractivity contribution in [1.82, 2.24) is 4.90 Å². The van der Waals surface area contributed by atoms with E-state index >= 15 is 0 Å². The highest BCUT2D eigenvalue weighted by Crippen LogP contribution is 2.43. The van der Waals surface area contributed by atoms with Gasteiger partial charge in [0.05, 0.1) is 24.4 Å². The molecule has 6 nitrogen and oxygen atoms in total. The number of para-hydroxylation sites is 1. The Morgan fingerprint density at radius 3 is 2.59 bits per heavy atom. The molecule has 3 aromatic rings. The SMILES string of the molecule is O=C(C1=C(O)C(=O)N(Cc2cccs2)C1c1ccccc1O)c1ccco1. The molecule has 136 valence electrons. The van der Waals surface area contributed by atoms with Gasteiger partial charge in [-0.2, -0.15) is 0 Å². The van der Waals surface area contributed by atoms with Crippen LogP contribution in [0.15, 0.2) is 75.9 Å². The number of phenols is 1. The molecule has 27 heavy (non-hydrogen) atoms. The molecule has 1 aliphatic rings. The van der Waals surface area contributed by atoms with Crippen LogP contribution < -0.4 is 0 Å². The van der Waals surface area contributed by atoms with Gasteiger partial charge in [-0.15, -0.1) is 11.3 Å². The first-order valence-corrected chi connectivity index (χ1v) is 9.08. The summed E-state index contributed by atoms with van der Waals surface area (Å²) in [4.78, 5) is 28.0. The Bertz CT molecular complexity index is 1020. The number of rotatable bonds is 5. The fraction of sp³-hybridized carbons (Fsp3) is 0.100. The largest absolute Gasteiger partial charge is 0.508 e. The van der Waals surface area contributed by atoms with Gasteiger partial charge in [-0.1, -0.05) is 24.3 Å². The molecule has 0 bridgehead atoms. The molecule has 1 aliphatic heterocycles. The minimum atomic E-state index is -0.918. The summed E-state index contributed by atoms with van der Waals surface area (Å²) in [6.07, 6.45) is 1.35. The Kier molecular flexibility index (Phi) is 4.29. The number of amides is 1. The average molecular weight is 381 g/mol. The fourth-order valence-corrected chi connectivity index (χ4v) is 3.90. The molecule has 0 radical (unpaired) electrons. The first-order chi connectivity index (χ1) is 13.1. The van der Waals surface area contributed by atoms with E-state index in [1.165, 1.54) is 34.6 Å². The normalized spacial score (nSPS) is 17.0. The van der Waals surface area contributed by atoms with Gasteiger partial charge in [0.15, 0.2) is 11.5 Å². The summed E-state index contributed by atoms with van der Waals surface area (Å²) >= 11 is 1.46. The molecule has 0 aliphatic carbocycles. The minimum Gasteiger partial charge on any atom is -0.508 e. The number of hydrogen-bond acceptors (Lipinski definition) is 6. The zero-order valence-corrected chi connectivity index (χ0v) is 14.8. The molecule has 1 unspecified atom stereocenters. The van der Waals surface area contributed by atoms with Crippen LogP contribution in [0.5, 0.6) is 5.75 Å². The third-order valence-electron chi connectivity index (χ3n) is 4.43. The van der Waals surface area contributed by atoms with Crippen molar-refractivity contribution >= 4 is 23.0 Å². The van der Waals surface area contributed by atoms with Gasteiger partial charge in [-0.25, -0.2) is 0 Å². The van der Waals surface area contributed by atoms with Crippen LogP contribution in [-0.4, -0.2) is 26.8 Å². The molecule has 0 spiro atoms. The van der Waals surface area contributed by atoms with Gasteiger partial charge in [-0.3, -0.25) is 9.59 Å². The summed E-state index contributed by atoms with van der Waals surface area (Å²) in [7, 11) is 0. The first kappa shape index (κ1) is 17.1. The summed E-state index contributed by atoms with van der Waals surface area (Å²) in [5.74, 6) is -1.92. The van der Waals surface area contributed by atoms with E-state index in [0.717, 1.165) is 4.88 Å². The number of aliphatic hydroxyl groups excluding tert-OH is 1. The molecular formula is C20H15NO5S. The van der Waals surface area contributed by atoms with Gasteiger partial charge in [0, 0.05) is 10.4 Å². The lowest BCUT2D eigenvalue weighted by Crippen LogP contribution is -2.30. The lowest BCUT2D eigenvalue weighted by atomic mass is 9.94. The molecule has 4 rings (SSSR count). The van der Waals surface area contributed by atoms with Crippen molar-refractivity contribution in [1.29, 1.82) is 0 Å². The van der Waals surface area contributed by atoms with Crippen molar-refractivity contribution in [3.63, 3.8) is 0 Å². The van der Waals surface area contributed by atoms with Crippen molar-refractivity contribution < 1.29 is 24.2 Å². The van der Waals surface area contributed by atoms with Crippen LogP contribution in [0.1, 0.15) is 27.0 Å². The minimum absolute atomic E-state index is 0.0164. The Morgan fingerprint density at radius 1 is 1.11 bits per heavy atom. The van der Waals surface area contributed by atoms with Crippen LogP contribution in [0.3, 0.4) is 0 Å². The van der Waals surface area contributed by atoms with Crippen molar-refractivity contribution in [2.24, 2.45) is 0 Å². The van der Waals surface area contributed by atoms with E-state index in [0.29, 0.717) is 5.56 Å². The predicted octanol–water partition coefficient (Wildman–Crippen LogP) is 3.83. The van der Waals surface area contributed by atoms with Crippen LogP contribution in [0.4, 0.5) is 0 Å². The number of phenolic OH excluding ortho intramolecular Hbond substituents is 1. The number of ketones is 1. The number of aliphatic hydroxyl groups is 1. The van der Waals surface area contributed by atoms with E-state index in [1.807, 2.05) is 17.5 Å². The second-order valence-electron chi connectivity index (χ2n) is 6.04. The number of carbonyl (C=O) groups excluding carboxylic acids is 2. The quantitative estimate of drug-likeness (QED) is 0.656. The summed E-state index contributed by atoms with van der Waals surface area (Å²) in [6.45, 7) is 0.203. The number of nitrogens with zero attached hydrogens (tertiary/aromatic N) is 1. The van der Waals surface area contributed by atoms with Crippen LogP contribution >= 0.6 is 11.3 Å². The van der Waals surface area contributed by atoms with E-state index in [2.05, 4.69) is 0 Å². The molecule has 7 heteroatoms. The topological polar surface area (TPSA) is 91.0 Å². The van der Waals surface area contributed by atoms with Gasteiger partial charge in [0.25, 0.3) is 5.91 Å². The van der Waals surface area contributed by atoms with Gasteiger partial charge in [-0.05, 0) is 29.6 Å². The fourth-order valence-electron chi connectivity index (χ4n) is 3.20. The summed E-state index contributed by atoms with van der Waals surface area (Å²) in [5, 5.41) is 22.7. The number of aromatic hydroxyl groups is 1. The van der Waals surface area contributed by atoms with E-state index in [4.69, 9.17) is 4.42 Å². The van der Waals surface area contributed by atoms with Crippen LogP contribution in [0.25, 0.3) is 0 Å². The molecule has 0 saturated heterocycles. The number of hydrogen-bond donors (Lipinski definition) is 2. The Hall–Kier alpha value is -3.32. The molecular weight excluding hydrogens is 366 g/mol.